The second-order valence-corrected chi connectivity index (χ2v) is 7.00. The van der Waals surface area contributed by atoms with Crippen molar-refractivity contribution in [2.45, 2.75) is 24.9 Å². The van der Waals surface area contributed by atoms with Gasteiger partial charge in [0.2, 0.25) is 0 Å². The highest BCUT2D eigenvalue weighted by Crippen LogP contribution is 2.36. The van der Waals surface area contributed by atoms with Gasteiger partial charge in [0, 0.05) is 7.05 Å². The van der Waals surface area contributed by atoms with Gasteiger partial charge in [-0.3, -0.25) is 9.40 Å². The third kappa shape index (κ3) is 3.45. The number of nitrogens with one attached hydrogen (secondary N) is 1. The van der Waals surface area contributed by atoms with Gasteiger partial charge in [0.15, 0.2) is 0 Å². The number of nitrogens with zero attached hydrogens (tertiary/aromatic N) is 2. The van der Waals surface area contributed by atoms with Crippen molar-refractivity contribution in [1.82, 2.24) is 9.78 Å². The van der Waals surface area contributed by atoms with E-state index in [9.17, 15) is 21.6 Å². The topological polar surface area (TPSA) is 64.0 Å². The maximum atomic E-state index is 12.9. The molecule has 0 atom stereocenters. The molecule has 0 unspecified atom stereocenters. The van der Waals surface area contributed by atoms with Gasteiger partial charge in [-0.1, -0.05) is 11.6 Å². The Balaban J connectivity index is 2.49. The molecule has 1 N–H and O–H groups in total. The van der Waals surface area contributed by atoms with Crippen LogP contribution in [0.15, 0.2) is 23.1 Å². The minimum Gasteiger partial charge on any atom is -0.276 e. The molecule has 0 bridgehead atoms. The van der Waals surface area contributed by atoms with Gasteiger partial charge < -0.3 is 0 Å². The Morgan fingerprint density at radius 1 is 1.26 bits per heavy atom. The van der Waals surface area contributed by atoms with Gasteiger partial charge >= 0.3 is 6.18 Å². The van der Waals surface area contributed by atoms with Gasteiger partial charge in [-0.05, 0) is 32.0 Å². The molecule has 5 nitrogen and oxygen atoms in total. The Hall–Kier alpha value is -1.74. The summed E-state index contributed by atoms with van der Waals surface area (Å²) in [4.78, 5) is -0.531. The Morgan fingerprint density at radius 3 is 2.35 bits per heavy atom. The molecular formula is C13H13ClF3N3O2S. The quantitative estimate of drug-likeness (QED) is 0.902. The Kier molecular flexibility index (Phi) is 4.38. The molecular weight excluding hydrogens is 355 g/mol. The molecule has 0 fully saturated rings. The Morgan fingerprint density at radius 2 is 1.87 bits per heavy atom. The predicted molar refractivity (Wildman–Crippen MR) is 79.9 cm³/mol. The first-order valence-electron chi connectivity index (χ1n) is 6.33. The number of rotatable bonds is 3. The number of halogens is 4. The number of aryl methyl sites for hydroxylation is 2. The monoisotopic (exact) mass is 367 g/mol. The van der Waals surface area contributed by atoms with Gasteiger partial charge in [0.05, 0.1) is 32.6 Å². The van der Waals surface area contributed by atoms with Crippen LogP contribution in [0.2, 0.25) is 5.02 Å². The zero-order valence-electron chi connectivity index (χ0n) is 12.4. The zero-order valence-corrected chi connectivity index (χ0v) is 13.9. The third-order valence-corrected chi connectivity index (χ3v) is 4.98. The average molecular weight is 368 g/mol. The molecule has 0 aliphatic heterocycles. The molecule has 0 aliphatic carbocycles. The van der Waals surface area contributed by atoms with Gasteiger partial charge in [-0.2, -0.15) is 18.3 Å². The van der Waals surface area contributed by atoms with Crippen molar-refractivity contribution in [3.63, 3.8) is 0 Å². The summed E-state index contributed by atoms with van der Waals surface area (Å²) >= 11 is 5.50. The molecule has 0 saturated carbocycles. The lowest BCUT2D eigenvalue weighted by molar-refractivity contribution is -0.137. The van der Waals surface area contributed by atoms with Crippen LogP contribution in [0.4, 0.5) is 18.9 Å². The maximum absolute atomic E-state index is 12.9. The van der Waals surface area contributed by atoms with Crippen LogP contribution >= 0.6 is 11.6 Å². The normalized spacial score (nSPS) is 12.5. The van der Waals surface area contributed by atoms with E-state index in [1.807, 2.05) is 0 Å². The number of sulfonamides is 1. The summed E-state index contributed by atoms with van der Waals surface area (Å²) in [5, 5.41) is 3.48. The predicted octanol–water partition coefficient (Wildman–Crippen LogP) is 3.51. The molecule has 1 heterocycles. The largest absolute Gasteiger partial charge is 0.417 e. The van der Waals surface area contributed by atoms with Crippen LogP contribution in [0.5, 0.6) is 0 Å². The molecule has 126 valence electrons. The molecule has 0 saturated heterocycles. The fourth-order valence-electron chi connectivity index (χ4n) is 2.00. The lowest BCUT2D eigenvalue weighted by atomic mass is 10.2. The number of alkyl halides is 3. The number of hydrogen-bond donors (Lipinski definition) is 1. The fourth-order valence-corrected chi connectivity index (χ4v) is 3.43. The van der Waals surface area contributed by atoms with E-state index in [0.29, 0.717) is 17.5 Å². The molecule has 10 heteroatoms. The highest BCUT2D eigenvalue weighted by molar-refractivity contribution is 7.92. The molecule has 0 aliphatic rings. The Labute approximate surface area is 136 Å². The summed E-state index contributed by atoms with van der Waals surface area (Å²) < 4.78 is 67.0. The van der Waals surface area contributed by atoms with Crippen LogP contribution in [0.25, 0.3) is 0 Å². The first kappa shape index (κ1) is 17.6. The molecule has 1 aromatic heterocycles. The first-order chi connectivity index (χ1) is 10.4. The van der Waals surface area contributed by atoms with E-state index >= 15 is 0 Å². The minimum atomic E-state index is -4.75. The first-order valence-corrected chi connectivity index (χ1v) is 8.19. The SMILES string of the molecule is Cc1nn(C)c(C)c1NS(=O)(=O)c1ccc(Cl)c(C(F)(F)F)c1. The van der Waals surface area contributed by atoms with E-state index < -0.39 is 31.7 Å². The number of aromatic nitrogens is 2. The lowest BCUT2D eigenvalue weighted by Gasteiger charge is -2.12. The van der Waals surface area contributed by atoms with Crippen LogP contribution < -0.4 is 4.72 Å². The lowest BCUT2D eigenvalue weighted by Crippen LogP contribution is -2.16. The van der Waals surface area contributed by atoms with Crippen LogP contribution in [0.1, 0.15) is 17.0 Å². The van der Waals surface area contributed by atoms with Gasteiger partial charge in [0.25, 0.3) is 10.0 Å². The molecule has 23 heavy (non-hydrogen) atoms. The van der Waals surface area contributed by atoms with Gasteiger partial charge in [-0.25, -0.2) is 8.42 Å². The van der Waals surface area contributed by atoms with Crippen molar-refractivity contribution >= 4 is 27.3 Å². The second kappa shape index (κ2) is 5.72. The molecule has 2 rings (SSSR count). The van der Waals surface area contributed by atoms with E-state index in [0.717, 1.165) is 12.1 Å². The van der Waals surface area contributed by atoms with E-state index in [1.54, 1.807) is 20.9 Å². The average Bonchev–Trinajstić information content (AvgIpc) is 2.64. The van der Waals surface area contributed by atoms with Crippen molar-refractivity contribution in [2.75, 3.05) is 4.72 Å². The van der Waals surface area contributed by atoms with Crippen molar-refractivity contribution < 1.29 is 21.6 Å². The van der Waals surface area contributed by atoms with Crippen molar-refractivity contribution in [3.8, 4) is 0 Å². The summed E-state index contributed by atoms with van der Waals surface area (Å²) in [6.07, 6.45) is -4.75. The summed E-state index contributed by atoms with van der Waals surface area (Å²) in [5.74, 6) is 0. The van der Waals surface area contributed by atoms with Crippen LogP contribution in [0.3, 0.4) is 0 Å². The van der Waals surface area contributed by atoms with E-state index in [2.05, 4.69) is 9.82 Å². The van der Waals surface area contributed by atoms with Crippen LogP contribution in [0, 0.1) is 13.8 Å². The van der Waals surface area contributed by atoms with Crippen LogP contribution in [-0.4, -0.2) is 18.2 Å². The Bertz CT molecular complexity index is 860. The van der Waals surface area contributed by atoms with Crippen molar-refractivity contribution in [3.05, 3.63) is 40.2 Å². The molecule has 0 radical (unpaired) electrons. The van der Waals surface area contributed by atoms with Gasteiger partial charge in [0.1, 0.15) is 0 Å². The standard InChI is InChI=1S/C13H13ClF3N3O2S/c1-7-12(8(2)20(3)18-7)19-23(21,22)9-4-5-11(14)10(6-9)13(15,16)17/h4-6,19H,1-3H3. The van der Waals surface area contributed by atoms with E-state index in [-0.39, 0.29) is 5.69 Å². The smallest absolute Gasteiger partial charge is 0.276 e. The highest BCUT2D eigenvalue weighted by atomic mass is 35.5. The number of anilines is 1. The number of benzene rings is 1. The maximum Gasteiger partial charge on any atom is 0.417 e. The van der Waals surface area contributed by atoms with Crippen molar-refractivity contribution in [1.29, 1.82) is 0 Å². The van der Waals surface area contributed by atoms with Gasteiger partial charge in [-0.15, -0.1) is 0 Å². The molecule has 0 amide bonds. The van der Waals surface area contributed by atoms with E-state index in [4.69, 9.17) is 11.6 Å². The van der Waals surface area contributed by atoms with E-state index in [1.165, 1.54) is 4.68 Å². The van der Waals surface area contributed by atoms with Crippen LogP contribution in [-0.2, 0) is 23.2 Å². The summed E-state index contributed by atoms with van der Waals surface area (Å²) in [6, 6.07) is 2.43. The number of hydrogen-bond acceptors (Lipinski definition) is 3. The summed E-state index contributed by atoms with van der Waals surface area (Å²) in [7, 11) is -2.58. The highest BCUT2D eigenvalue weighted by Gasteiger charge is 2.34. The zero-order chi connectivity index (χ0) is 17.6. The summed E-state index contributed by atoms with van der Waals surface area (Å²) in [6.45, 7) is 3.23. The van der Waals surface area contributed by atoms with Crippen molar-refractivity contribution in [2.24, 2.45) is 7.05 Å². The second-order valence-electron chi connectivity index (χ2n) is 4.91. The minimum absolute atomic E-state index is 0.232. The summed E-state index contributed by atoms with van der Waals surface area (Å²) in [5.41, 5.74) is -0.0210. The fraction of sp³-hybridized carbons (Fsp3) is 0.308. The molecule has 1 aromatic carbocycles. The molecule has 0 spiro atoms. The third-order valence-electron chi connectivity index (χ3n) is 3.30. The molecule has 2 aromatic rings.